The monoisotopic (exact) mass is 440 g/mol. The summed E-state index contributed by atoms with van der Waals surface area (Å²) in [6, 6.07) is 12.1. The number of pyridine rings is 1. The number of H-pyrrole nitrogens is 1. The van der Waals surface area contributed by atoms with Crippen molar-refractivity contribution in [1.29, 1.82) is 0 Å². The molecule has 0 atom stereocenters. The molecule has 4 aromatic rings. The number of hydrogen-bond donors (Lipinski definition) is 1. The number of rotatable bonds is 8. The number of hydrogen-bond acceptors (Lipinski definition) is 3. The summed E-state index contributed by atoms with van der Waals surface area (Å²) in [4.78, 5) is 28.3. The molecule has 2 heterocycles. The van der Waals surface area contributed by atoms with Gasteiger partial charge in [-0.15, -0.1) is 0 Å². The Balaban J connectivity index is 1.38. The summed E-state index contributed by atoms with van der Waals surface area (Å²) in [5.41, 5.74) is 0.411. The second-order valence-corrected chi connectivity index (χ2v) is 7.33. The molecule has 0 aliphatic rings. The average molecular weight is 440 g/mol. The zero-order valence-electron chi connectivity index (χ0n) is 16.9. The summed E-state index contributed by atoms with van der Waals surface area (Å²) in [6.07, 6.45) is 3.75. The molecule has 4 rings (SSSR count). The topological polar surface area (TPSA) is 64.1 Å². The zero-order valence-corrected chi connectivity index (χ0v) is 16.9. The molecule has 5 nitrogen and oxygen atoms in total. The van der Waals surface area contributed by atoms with E-state index in [1.165, 1.54) is 18.3 Å². The molecule has 0 amide bonds. The Hall–Kier alpha value is -3.81. The first-order valence-corrected chi connectivity index (χ1v) is 9.98. The lowest BCUT2D eigenvalue weighted by atomic mass is 10.1. The van der Waals surface area contributed by atoms with E-state index in [4.69, 9.17) is 4.74 Å². The van der Waals surface area contributed by atoms with Gasteiger partial charge in [0.2, 0.25) is 0 Å². The van der Waals surface area contributed by atoms with Crippen molar-refractivity contribution >= 4 is 16.7 Å². The largest absolute Gasteiger partial charge is 0.494 e. The second-order valence-electron chi connectivity index (χ2n) is 7.33. The molecular weight excluding hydrogens is 421 g/mol. The molecule has 0 saturated carbocycles. The van der Waals surface area contributed by atoms with Crippen molar-refractivity contribution < 1.29 is 22.7 Å². The van der Waals surface area contributed by atoms with E-state index in [0.717, 1.165) is 27.6 Å². The Kier molecular flexibility index (Phi) is 6.11. The lowest BCUT2D eigenvalue weighted by Crippen LogP contribution is -2.26. The highest BCUT2D eigenvalue weighted by molar-refractivity contribution is 5.95. The van der Waals surface area contributed by atoms with Crippen molar-refractivity contribution in [1.82, 2.24) is 9.55 Å². The van der Waals surface area contributed by atoms with E-state index in [-0.39, 0.29) is 29.9 Å². The second kappa shape index (κ2) is 9.13. The van der Waals surface area contributed by atoms with Gasteiger partial charge in [-0.2, -0.15) is 0 Å². The number of ether oxygens (including phenoxy) is 1. The first kappa shape index (κ1) is 21.4. The van der Waals surface area contributed by atoms with Gasteiger partial charge >= 0.3 is 0 Å². The first-order chi connectivity index (χ1) is 15.4. The number of Topliss-reactive ketones (excluding diaryl/α,β-unsaturated/α-hetero) is 1. The lowest BCUT2D eigenvalue weighted by Gasteiger charge is -2.09. The molecule has 2 aromatic carbocycles. The number of ketones is 1. The van der Waals surface area contributed by atoms with E-state index in [2.05, 4.69) is 4.98 Å². The van der Waals surface area contributed by atoms with Gasteiger partial charge in [-0.25, -0.2) is 13.2 Å². The third kappa shape index (κ3) is 4.59. The summed E-state index contributed by atoms with van der Waals surface area (Å²) >= 11 is 0. The first-order valence-electron chi connectivity index (χ1n) is 9.98. The van der Waals surface area contributed by atoms with Crippen molar-refractivity contribution in [2.75, 3.05) is 6.61 Å². The number of aromatic nitrogens is 2. The Morgan fingerprint density at radius 3 is 2.59 bits per heavy atom. The Morgan fingerprint density at radius 2 is 1.81 bits per heavy atom. The van der Waals surface area contributed by atoms with Crippen LogP contribution in [-0.4, -0.2) is 21.9 Å². The van der Waals surface area contributed by atoms with Gasteiger partial charge in [-0.1, -0.05) is 0 Å². The van der Waals surface area contributed by atoms with Crippen LogP contribution in [-0.2, 0) is 6.54 Å². The van der Waals surface area contributed by atoms with Gasteiger partial charge in [0.05, 0.1) is 18.7 Å². The van der Waals surface area contributed by atoms with Gasteiger partial charge in [-0.05, 0) is 59.8 Å². The molecule has 1 N–H and O–H groups in total. The van der Waals surface area contributed by atoms with Crippen LogP contribution in [0.3, 0.4) is 0 Å². The van der Waals surface area contributed by atoms with Gasteiger partial charge in [0.1, 0.15) is 5.75 Å². The third-order valence-corrected chi connectivity index (χ3v) is 5.06. The predicted molar refractivity (Wildman–Crippen MR) is 113 cm³/mol. The Bertz CT molecular complexity index is 1320. The highest BCUT2D eigenvalue weighted by Gasteiger charge is 2.14. The molecule has 0 spiro atoms. The van der Waals surface area contributed by atoms with E-state index >= 15 is 0 Å². The van der Waals surface area contributed by atoms with Crippen LogP contribution < -0.4 is 10.3 Å². The maximum absolute atomic E-state index is 13.4. The van der Waals surface area contributed by atoms with Gasteiger partial charge in [0, 0.05) is 30.4 Å². The average Bonchev–Trinajstić information content (AvgIpc) is 3.24. The van der Waals surface area contributed by atoms with Crippen molar-refractivity contribution in [2.24, 2.45) is 0 Å². The van der Waals surface area contributed by atoms with E-state index in [1.807, 2.05) is 30.5 Å². The number of carbonyl (C=O) groups excluding carboxylic acids is 1. The summed E-state index contributed by atoms with van der Waals surface area (Å²) in [6.45, 7) is 0.103. The summed E-state index contributed by atoms with van der Waals surface area (Å²) < 4.78 is 46.8. The van der Waals surface area contributed by atoms with Crippen LogP contribution >= 0.6 is 0 Å². The maximum Gasteiger partial charge on any atom is 0.261 e. The standard InChI is InChI=1S/C24H19F3N2O3/c25-19-11-15(12-20(26)23(19)27)14-29-9-1-3-18(24(29)31)22(30)4-2-10-32-17-6-5-16-7-8-28-21(16)13-17/h1,3,5-9,11-13,28H,2,4,10,14H2. The lowest BCUT2D eigenvalue weighted by molar-refractivity contribution is 0.0971. The third-order valence-electron chi connectivity index (χ3n) is 5.06. The van der Waals surface area contributed by atoms with Crippen molar-refractivity contribution in [3.05, 3.63) is 99.9 Å². The summed E-state index contributed by atoms with van der Waals surface area (Å²) in [5, 5.41) is 1.07. The van der Waals surface area contributed by atoms with Crippen molar-refractivity contribution in [3.8, 4) is 5.75 Å². The molecule has 0 aliphatic heterocycles. The molecular formula is C24H19F3N2O3. The number of halogens is 3. The van der Waals surface area contributed by atoms with Crippen LogP contribution in [0, 0.1) is 17.5 Å². The molecule has 0 radical (unpaired) electrons. The molecule has 32 heavy (non-hydrogen) atoms. The van der Waals surface area contributed by atoms with E-state index < -0.39 is 23.0 Å². The number of benzene rings is 2. The number of fused-ring (bicyclic) bond motifs is 1. The molecule has 0 fully saturated rings. The Morgan fingerprint density at radius 1 is 1.03 bits per heavy atom. The Labute approximate surface area is 181 Å². The van der Waals surface area contributed by atoms with Crippen LogP contribution in [0.2, 0.25) is 0 Å². The molecule has 2 aromatic heterocycles. The normalized spacial score (nSPS) is 11.1. The van der Waals surface area contributed by atoms with Crippen molar-refractivity contribution in [3.63, 3.8) is 0 Å². The molecule has 8 heteroatoms. The SMILES string of the molecule is O=C(CCCOc1ccc2cc[nH]c2c1)c1cccn(Cc2cc(F)c(F)c(F)c2)c1=O. The predicted octanol–water partition coefficient (Wildman–Crippen LogP) is 4.84. The minimum Gasteiger partial charge on any atom is -0.494 e. The van der Waals surface area contributed by atoms with Crippen LogP contribution in [0.25, 0.3) is 10.9 Å². The van der Waals surface area contributed by atoms with E-state index in [9.17, 15) is 22.8 Å². The molecule has 0 bridgehead atoms. The van der Waals surface area contributed by atoms with E-state index in [1.54, 1.807) is 0 Å². The zero-order chi connectivity index (χ0) is 22.7. The van der Waals surface area contributed by atoms with Gasteiger partial charge in [-0.3, -0.25) is 9.59 Å². The van der Waals surface area contributed by atoms with Crippen molar-refractivity contribution in [2.45, 2.75) is 19.4 Å². The van der Waals surface area contributed by atoms with Crippen LogP contribution in [0.5, 0.6) is 5.75 Å². The number of nitrogens with zero attached hydrogens (tertiary/aromatic N) is 1. The van der Waals surface area contributed by atoms with Crippen LogP contribution in [0.4, 0.5) is 13.2 Å². The summed E-state index contributed by atoms with van der Waals surface area (Å²) in [5.74, 6) is -3.93. The van der Waals surface area contributed by atoms with E-state index in [0.29, 0.717) is 18.8 Å². The highest BCUT2D eigenvalue weighted by atomic mass is 19.2. The minimum absolute atomic E-state index is 0.0247. The van der Waals surface area contributed by atoms with Crippen LogP contribution in [0.15, 0.2) is 65.7 Å². The molecule has 0 saturated heterocycles. The fourth-order valence-corrected chi connectivity index (χ4v) is 3.44. The molecule has 0 unspecified atom stereocenters. The summed E-state index contributed by atoms with van der Waals surface area (Å²) in [7, 11) is 0. The quantitative estimate of drug-likeness (QED) is 0.242. The molecule has 164 valence electrons. The minimum atomic E-state index is -1.57. The fourth-order valence-electron chi connectivity index (χ4n) is 3.44. The smallest absolute Gasteiger partial charge is 0.261 e. The van der Waals surface area contributed by atoms with Gasteiger partial charge in [0.25, 0.3) is 5.56 Å². The fraction of sp³-hybridized carbons (Fsp3) is 0.167. The maximum atomic E-state index is 13.4. The van der Waals surface area contributed by atoms with Crippen LogP contribution in [0.1, 0.15) is 28.8 Å². The number of carbonyl (C=O) groups is 1. The molecule has 0 aliphatic carbocycles. The van der Waals surface area contributed by atoms with Gasteiger partial charge in [0.15, 0.2) is 23.2 Å². The van der Waals surface area contributed by atoms with Gasteiger partial charge < -0.3 is 14.3 Å². The highest BCUT2D eigenvalue weighted by Crippen LogP contribution is 2.20. The number of nitrogens with one attached hydrogen (secondary N) is 1. The number of aromatic amines is 1.